The van der Waals surface area contributed by atoms with Crippen molar-refractivity contribution < 1.29 is 4.79 Å². The molecule has 22 heavy (non-hydrogen) atoms. The Kier molecular flexibility index (Phi) is 6.02. The Morgan fingerprint density at radius 2 is 1.64 bits per heavy atom. The SMILES string of the molecule is CCc1ccc([C@H](C)NC(=O)CCc2ccc(Cl)cc2)cc1. The van der Waals surface area contributed by atoms with E-state index in [0.717, 1.165) is 29.0 Å². The molecule has 0 fully saturated rings. The van der Waals surface area contributed by atoms with Gasteiger partial charge in [0.15, 0.2) is 0 Å². The molecule has 116 valence electrons. The predicted molar refractivity (Wildman–Crippen MR) is 92.2 cm³/mol. The third kappa shape index (κ3) is 4.88. The summed E-state index contributed by atoms with van der Waals surface area (Å²) in [5.74, 6) is 0.0713. The topological polar surface area (TPSA) is 29.1 Å². The fourth-order valence-corrected chi connectivity index (χ4v) is 2.47. The molecule has 0 saturated heterocycles. The van der Waals surface area contributed by atoms with E-state index in [2.05, 4.69) is 36.5 Å². The minimum atomic E-state index is 0.0311. The zero-order valence-corrected chi connectivity index (χ0v) is 13.9. The molecule has 0 radical (unpaired) electrons. The summed E-state index contributed by atoms with van der Waals surface area (Å²) in [5, 5.41) is 3.77. The lowest BCUT2D eigenvalue weighted by Gasteiger charge is -2.15. The zero-order valence-electron chi connectivity index (χ0n) is 13.1. The lowest BCUT2D eigenvalue weighted by Crippen LogP contribution is -2.26. The molecule has 0 saturated carbocycles. The first kappa shape index (κ1) is 16.6. The maximum absolute atomic E-state index is 12.1. The maximum Gasteiger partial charge on any atom is 0.220 e. The van der Waals surface area contributed by atoms with E-state index in [-0.39, 0.29) is 11.9 Å². The van der Waals surface area contributed by atoms with Crippen LogP contribution in [0.2, 0.25) is 5.02 Å². The third-order valence-corrected chi connectivity index (χ3v) is 4.07. The molecule has 0 aliphatic rings. The summed E-state index contributed by atoms with van der Waals surface area (Å²) >= 11 is 5.85. The summed E-state index contributed by atoms with van der Waals surface area (Å²) in [6.45, 7) is 4.15. The molecule has 2 rings (SSSR count). The summed E-state index contributed by atoms with van der Waals surface area (Å²) in [5.41, 5.74) is 3.57. The van der Waals surface area contributed by atoms with Crippen molar-refractivity contribution >= 4 is 17.5 Å². The molecule has 3 heteroatoms. The molecule has 0 heterocycles. The van der Waals surface area contributed by atoms with Gasteiger partial charge in [-0.1, -0.05) is 54.9 Å². The molecule has 0 unspecified atom stereocenters. The fraction of sp³-hybridized carbons (Fsp3) is 0.316. The van der Waals surface area contributed by atoms with Gasteiger partial charge < -0.3 is 5.32 Å². The average Bonchev–Trinajstić information content (AvgIpc) is 2.54. The van der Waals surface area contributed by atoms with E-state index in [1.165, 1.54) is 5.56 Å². The first-order chi connectivity index (χ1) is 10.6. The lowest BCUT2D eigenvalue weighted by molar-refractivity contribution is -0.121. The van der Waals surface area contributed by atoms with Crippen LogP contribution < -0.4 is 5.32 Å². The van der Waals surface area contributed by atoms with Gasteiger partial charge >= 0.3 is 0 Å². The van der Waals surface area contributed by atoms with E-state index in [1.54, 1.807) is 0 Å². The number of nitrogens with one attached hydrogen (secondary N) is 1. The molecule has 0 aliphatic heterocycles. The number of hydrogen-bond acceptors (Lipinski definition) is 1. The second-order valence-electron chi connectivity index (χ2n) is 5.51. The van der Waals surface area contributed by atoms with Gasteiger partial charge in [0.25, 0.3) is 0 Å². The van der Waals surface area contributed by atoms with Crippen LogP contribution >= 0.6 is 11.6 Å². The van der Waals surface area contributed by atoms with Crippen LogP contribution in [0.4, 0.5) is 0 Å². The number of aryl methyl sites for hydroxylation is 2. The van der Waals surface area contributed by atoms with Gasteiger partial charge in [-0.2, -0.15) is 0 Å². The predicted octanol–water partition coefficient (Wildman–Crippen LogP) is 4.71. The highest BCUT2D eigenvalue weighted by Crippen LogP contribution is 2.15. The van der Waals surface area contributed by atoms with E-state index < -0.39 is 0 Å². The first-order valence-electron chi connectivity index (χ1n) is 7.71. The number of benzene rings is 2. The molecule has 2 nitrogen and oxygen atoms in total. The number of amides is 1. The lowest BCUT2D eigenvalue weighted by atomic mass is 10.0. The van der Waals surface area contributed by atoms with Crippen LogP contribution in [0.15, 0.2) is 48.5 Å². The van der Waals surface area contributed by atoms with Crippen molar-refractivity contribution in [3.63, 3.8) is 0 Å². The van der Waals surface area contributed by atoms with Crippen LogP contribution in [0.5, 0.6) is 0 Å². The largest absolute Gasteiger partial charge is 0.350 e. The molecule has 2 aromatic carbocycles. The summed E-state index contributed by atoms with van der Waals surface area (Å²) < 4.78 is 0. The van der Waals surface area contributed by atoms with Crippen molar-refractivity contribution in [2.24, 2.45) is 0 Å². The van der Waals surface area contributed by atoms with E-state index >= 15 is 0 Å². The molecule has 1 N–H and O–H groups in total. The van der Waals surface area contributed by atoms with Gasteiger partial charge in [0.05, 0.1) is 6.04 Å². The molecular weight excluding hydrogens is 294 g/mol. The molecule has 2 aromatic rings. The summed E-state index contributed by atoms with van der Waals surface area (Å²) in [6.07, 6.45) is 2.24. The Balaban J connectivity index is 1.83. The fourth-order valence-electron chi connectivity index (χ4n) is 2.35. The van der Waals surface area contributed by atoms with Crippen LogP contribution in [0.25, 0.3) is 0 Å². The summed E-state index contributed by atoms with van der Waals surface area (Å²) in [4.78, 5) is 12.1. The zero-order chi connectivity index (χ0) is 15.9. The second kappa shape index (κ2) is 8.00. The van der Waals surface area contributed by atoms with Crippen molar-refractivity contribution in [1.29, 1.82) is 0 Å². The van der Waals surface area contributed by atoms with E-state index in [9.17, 15) is 4.79 Å². The van der Waals surface area contributed by atoms with Crippen molar-refractivity contribution in [3.8, 4) is 0 Å². The van der Waals surface area contributed by atoms with Gasteiger partial charge in [0, 0.05) is 11.4 Å². The summed E-state index contributed by atoms with van der Waals surface area (Å²) in [6, 6.07) is 16.1. The monoisotopic (exact) mass is 315 g/mol. The normalized spacial score (nSPS) is 12.0. The first-order valence-corrected chi connectivity index (χ1v) is 8.09. The standard InChI is InChI=1S/C19H22ClNO/c1-3-15-4-9-17(10-5-15)14(2)21-19(22)13-8-16-6-11-18(20)12-7-16/h4-7,9-12,14H,3,8,13H2,1-2H3,(H,21,22)/t14-/m0/s1. The smallest absolute Gasteiger partial charge is 0.220 e. The number of carbonyl (C=O) groups is 1. The quantitative estimate of drug-likeness (QED) is 0.821. The van der Waals surface area contributed by atoms with Gasteiger partial charge in [-0.25, -0.2) is 0 Å². The Hall–Kier alpha value is -1.80. The maximum atomic E-state index is 12.1. The molecular formula is C19H22ClNO. The van der Waals surface area contributed by atoms with E-state index in [4.69, 9.17) is 11.6 Å². The minimum absolute atomic E-state index is 0.0311. The van der Waals surface area contributed by atoms with E-state index in [0.29, 0.717) is 6.42 Å². The van der Waals surface area contributed by atoms with Crippen molar-refractivity contribution in [2.45, 2.75) is 39.2 Å². The van der Waals surface area contributed by atoms with Crippen LogP contribution in [-0.2, 0) is 17.6 Å². The molecule has 0 bridgehead atoms. The highest BCUT2D eigenvalue weighted by Gasteiger charge is 2.09. The van der Waals surface area contributed by atoms with E-state index in [1.807, 2.05) is 31.2 Å². The average molecular weight is 316 g/mol. The minimum Gasteiger partial charge on any atom is -0.350 e. The van der Waals surface area contributed by atoms with Crippen LogP contribution in [-0.4, -0.2) is 5.91 Å². The number of halogens is 1. The third-order valence-electron chi connectivity index (χ3n) is 3.82. The number of carbonyl (C=O) groups excluding carboxylic acids is 1. The highest BCUT2D eigenvalue weighted by atomic mass is 35.5. The Morgan fingerprint density at radius 1 is 1.05 bits per heavy atom. The van der Waals surface area contributed by atoms with Gasteiger partial charge in [-0.05, 0) is 48.6 Å². The Bertz CT molecular complexity index is 604. The molecule has 0 aromatic heterocycles. The van der Waals surface area contributed by atoms with Crippen LogP contribution in [0, 0.1) is 0 Å². The number of rotatable bonds is 6. The molecule has 0 aliphatic carbocycles. The van der Waals surface area contributed by atoms with Crippen LogP contribution in [0.3, 0.4) is 0 Å². The second-order valence-corrected chi connectivity index (χ2v) is 5.95. The van der Waals surface area contributed by atoms with Crippen molar-refractivity contribution in [2.75, 3.05) is 0 Å². The summed E-state index contributed by atoms with van der Waals surface area (Å²) in [7, 11) is 0. The Labute approximate surface area is 137 Å². The highest BCUT2D eigenvalue weighted by molar-refractivity contribution is 6.30. The van der Waals surface area contributed by atoms with Crippen LogP contribution in [0.1, 0.15) is 43.0 Å². The van der Waals surface area contributed by atoms with Gasteiger partial charge in [0.1, 0.15) is 0 Å². The van der Waals surface area contributed by atoms with Gasteiger partial charge in [0.2, 0.25) is 5.91 Å². The molecule has 1 amide bonds. The van der Waals surface area contributed by atoms with Crippen molar-refractivity contribution in [1.82, 2.24) is 5.32 Å². The van der Waals surface area contributed by atoms with Gasteiger partial charge in [-0.15, -0.1) is 0 Å². The molecule has 0 spiro atoms. The van der Waals surface area contributed by atoms with Gasteiger partial charge in [-0.3, -0.25) is 4.79 Å². The number of hydrogen-bond donors (Lipinski definition) is 1. The molecule has 1 atom stereocenters. The Morgan fingerprint density at radius 3 is 2.23 bits per heavy atom. The van der Waals surface area contributed by atoms with Crippen molar-refractivity contribution in [3.05, 3.63) is 70.2 Å².